The molecule has 1 atom stereocenters. The fourth-order valence-corrected chi connectivity index (χ4v) is 2.13. The van der Waals surface area contributed by atoms with Crippen LogP contribution in [0, 0.1) is 0 Å². The van der Waals surface area contributed by atoms with E-state index in [-0.39, 0.29) is 24.9 Å². The second kappa shape index (κ2) is 5.18. The van der Waals surface area contributed by atoms with Crippen molar-refractivity contribution in [1.29, 1.82) is 0 Å². The zero-order valence-corrected chi connectivity index (χ0v) is 8.61. The first-order valence-corrected chi connectivity index (χ1v) is 4.85. The maximum absolute atomic E-state index is 10.8. The van der Waals surface area contributed by atoms with Gasteiger partial charge in [-0.15, -0.1) is 0 Å². The van der Waals surface area contributed by atoms with Crippen molar-refractivity contribution in [3.05, 3.63) is 0 Å². The van der Waals surface area contributed by atoms with Gasteiger partial charge in [-0.05, 0) is 19.3 Å². The average molecular weight is 192 g/mol. The SMILES string of the molecule is O=C(O)C1CCN1C1CCOCC1.[Li]. The van der Waals surface area contributed by atoms with Gasteiger partial charge in [-0.3, -0.25) is 9.69 Å². The van der Waals surface area contributed by atoms with Crippen LogP contribution in [0.5, 0.6) is 0 Å². The quantitative estimate of drug-likeness (QED) is 0.623. The van der Waals surface area contributed by atoms with Crippen LogP contribution in [-0.2, 0) is 9.53 Å². The molecule has 0 bridgehead atoms. The molecule has 0 aromatic carbocycles. The Hall–Kier alpha value is -0.0126. The Morgan fingerprint density at radius 2 is 1.93 bits per heavy atom. The maximum Gasteiger partial charge on any atom is 0.320 e. The Morgan fingerprint density at radius 1 is 1.29 bits per heavy atom. The number of carboxylic acid groups (broad SMARTS) is 1. The standard InChI is InChI=1S/C9H15NO3.Li/c11-9(12)8-1-4-10(8)7-2-5-13-6-3-7;/h7-8H,1-6H2,(H,11,12);. The van der Waals surface area contributed by atoms with Gasteiger partial charge in [-0.1, -0.05) is 0 Å². The molecule has 0 amide bonds. The molecule has 14 heavy (non-hydrogen) atoms. The van der Waals surface area contributed by atoms with Crippen LogP contribution in [0.4, 0.5) is 0 Å². The van der Waals surface area contributed by atoms with Gasteiger partial charge in [0.25, 0.3) is 0 Å². The molecule has 4 nitrogen and oxygen atoms in total. The van der Waals surface area contributed by atoms with Crippen molar-refractivity contribution in [2.24, 2.45) is 0 Å². The Morgan fingerprint density at radius 3 is 2.36 bits per heavy atom. The van der Waals surface area contributed by atoms with Gasteiger partial charge in [0, 0.05) is 44.7 Å². The first-order chi connectivity index (χ1) is 6.29. The number of likely N-dealkylation sites (tertiary alicyclic amines) is 1. The van der Waals surface area contributed by atoms with Crippen LogP contribution in [0.25, 0.3) is 0 Å². The van der Waals surface area contributed by atoms with E-state index in [1.165, 1.54) is 0 Å². The molecule has 75 valence electrons. The molecule has 0 saturated carbocycles. The monoisotopic (exact) mass is 192 g/mol. The Bertz CT molecular complexity index is 206. The second-order valence-electron chi connectivity index (χ2n) is 3.72. The summed E-state index contributed by atoms with van der Waals surface area (Å²) in [6.07, 6.45) is 2.79. The minimum absolute atomic E-state index is 0. The van der Waals surface area contributed by atoms with Gasteiger partial charge in [-0.25, -0.2) is 0 Å². The molecule has 2 fully saturated rings. The molecular weight excluding hydrogens is 177 g/mol. The summed E-state index contributed by atoms with van der Waals surface area (Å²) in [5.41, 5.74) is 0. The summed E-state index contributed by atoms with van der Waals surface area (Å²) in [5.74, 6) is -0.669. The second-order valence-corrected chi connectivity index (χ2v) is 3.72. The number of ether oxygens (including phenoxy) is 1. The molecule has 0 aromatic rings. The largest absolute Gasteiger partial charge is 0.480 e. The zero-order chi connectivity index (χ0) is 9.26. The molecule has 0 aromatic heterocycles. The smallest absolute Gasteiger partial charge is 0.320 e. The van der Waals surface area contributed by atoms with Crippen molar-refractivity contribution >= 4 is 24.8 Å². The molecule has 1 unspecified atom stereocenters. The predicted octanol–water partition coefficient (Wildman–Crippen LogP) is -0.0565. The molecule has 0 aliphatic carbocycles. The van der Waals surface area contributed by atoms with Gasteiger partial charge < -0.3 is 9.84 Å². The van der Waals surface area contributed by atoms with Crippen LogP contribution in [-0.4, -0.2) is 66.7 Å². The molecule has 2 saturated heterocycles. The van der Waals surface area contributed by atoms with E-state index in [9.17, 15) is 4.79 Å². The van der Waals surface area contributed by atoms with E-state index in [2.05, 4.69) is 4.90 Å². The van der Waals surface area contributed by atoms with E-state index in [0.717, 1.165) is 39.0 Å². The summed E-state index contributed by atoms with van der Waals surface area (Å²) in [7, 11) is 0. The molecule has 2 heterocycles. The van der Waals surface area contributed by atoms with Crippen molar-refractivity contribution in [3.8, 4) is 0 Å². The van der Waals surface area contributed by atoms with Gasteiger partial charge >= 0.3 is 5.97 Å². The summed E-state index contributed by atoms with van der Waals surface area (Å²) in [6.45, 7) is 2.52. The summed E-state index contributed by atoms with van der Waals surface area (Å²) in [4.78, 5) is 12.9. The summed E-state index contributed by atoms with van der Waals surface area (Å²) in [6, 6.07) is 0.228. The number of nitrogens with zero attached hydrogens (tertiary/aromatic N) is 1. The van der Waals surface area contributed by atoms with Crippen molar-refractivity contribution < 1.29 is 14.6 Å². The summed E-state index contributed by atoms with van der Waals surface area (Å²) >= 11 is 0. The molecule has 2 aliphatic heterocycles. The van der Waals surface area contributed by atoms with Crippen LogP contribution in [0.15, 0.2) is 0 Å². The average Bonchev–Trinajstić information content (AvgIpc) is 2.02. The van der Waals surface area contributed by atoms with Crippen LogP contribution in [0.3, 0.4) is 0 Å². The Kier molecular flexibility index (Phi) is 4.46. The van der Waals surface area contributed by atoms with Gasteiger partial charge in [0.05, 0.1) is 0 Å². The van der Waals surface area contributed by atoms with E-state index in [1.807, 2.05) is 0 Å². The van der Waals surface area contributed by atoms with Crippen molar-refractivity contribution in [3.63, 3.8) is 0 Å². The molecule has 0 spiro atoms. The van der Waals surface area contributed by atoms with Gasteiger partial charge in [0.15, 0.2) is 0 Å². The van der Waals surface area contributed by atoms with E-state index in [1.54, 1.807) is 0 Å². The van der Waals surface area contributed by atoms with Gasteiger partial charge in [0.2, 0.25) is 0 Å². The first kappa shape index (κ1) is 12.1. The number of hydrogen-bond donors (Lipinski definition) is 1. The molecule has 2 aliphatic rings. The fourth-order valence-electron chi connectivity index (χ4n) is 2.13. The van der Waals surface area contributed by atoms with E-state index in [4.69, 9.17) is 9.84 Å². The fraction of sp³-hybridized carbons (Fsp3) is 0.889. The molecule has 2 rings (SSSR count). The van der Waals surface area contributed by atoms with E-state index in [0.29, 0.717) is 6.04 Å². The van der Waals surface area contributed by atoms with Gasteiger partial charge in [0.1, 0.15) is 6.04 Å². The molecule has 5 heteroatoms. The van der Waals surface area contributed by atoms with Crippen molar-refractivity contribution in [1.82, 2.24) is 4.90 Å². The molecular formula is C9H15LiNO3. The third-order valence-electron chi connectivity index (χ3n) is 3.01. The predicted molar refractivity (Wildman–Crippen MR) is 52.3 cm³/mol. The maximum atomic E-state index is 10.8. The number of carboxylic acids is 1. The van der Waals surface area contributed by atoms with Crippen molar-refractivity contribution in [2.75, 3.05) is 19.8 Å². The van der Waals surface area contributed by atoms with Crippen molar-refractivity contribution in [2.45, 2.75) is 31.3 Å². The zero-order valence-electron chi connectivity index (χ0n) is 8.61. The van der Waals surface area contributed by atoms with Gasteiger partial charge in [-0.2, -0.15) is 0 Å². The Labute approximate surface area is 95.8 Å². The molecule has 1 N–H and O–H groups in total. The minimum Gasteiger partial charge on any atom is -0.480 e. The Balaban J connectivity index is 0.000000980. The molecule has 1 radical (unpaired) electrons. The topological polar surface area (TPSA) is 49.8 Å². The third kappa shape index (κ3) is 2.32. The number of rotatable bonds is 2. The number of carbonyl (C=O) groups is 1. The van der Waals surface area contributed by atoms with Crippen LogP contribution in [0.1, 0.15) is 19.3 Å². The number of aliphatic carboxylic acids is 1. The normalized spacial score (nSPS) is 29.0. The minimum atomic E-state index is -0.669. The third-order valence-corrected chi connectivity index (χ3v) is 3.01. The summed E-state index contributed by atoms with van der Waals surface area (Å²) in [5, 5.41) is 8.86. The van der Waals surface area contributed by atoms with E-state index < -0.39 is 5.97 Å². The summed E-state index contributed by atoms with van der Waals surface area (Å²) < 4.78 is 5.24. The van der Waals surface area contributed by atoms with Crippen LogP contribution in [0.2, 0.25) is 0 Å². The van der Waals surface area contributed by atoms with Crippen LogP contribution < -0.4 is 0 Å². The van der Waals surface area contributed by atoms with Crippen LogP contribution >= 0.6 is 0 Å². The number of hydrogen-bond acceptors (Lipinski definition) is 3. The first-order valence-electron chi connectivity index (χ1n) is 4.85. The van der Waals surface area contributed by atoms with E-state index >= 15 is 0 Å².